The molecule has 3 nitrogen and oxygen atoms in total. The van der Waals surface area contributed by atoms with Crippen LogP contribution >= 0.6 is 0 Å². The SMILES string of the molecule is CCNCCCNC(=O)C1CC1c1ccccc1. The highest BCUT2D eigenvalue weighted by atomic mass is 16.2. The van der Waals surface area contributed by atoms with Crippen LogP contribution in [0.3, 0.4) is 0 Å². The van der Waals surface area contributed by atoms with Gasteiger partial charge in [-0.15, -0.1) is 0 Å². The molecule has 18 heavy (non-hydrogen) atoms. The van der Waals surface area contributed by atoms with Gasteiger partial charge in [0, 0.05) is 12.5 Å². The Balaban J connectivity index is 1.67. The lowest BCUT2D eigenvalue weighted by Crippen LogP contribution is -2.28. The van der Waals surface area contributed by atoms with E-state index >= 15 is 0 Å². The van der Waals surface area contributed by atoms with Gasteiger partial charge in [0.15, 0.2) is 0 Å². The third-order valence-electron chi connectivity index (χ3n) is 3.43. The fraction of sp³-hybridized carbons (Fsp3) is 0.533. The van der Waals surface area contributed by atoms with Crippen LogP contribution < -0.4 is 10.6 Å². The summed E-state index contributed by atoms with van der Waals surface area (Å²) in [5.41, 5.74) is 1.30. The molecule has 2 N–H and O–H groups in total. The van der Waals surface area contributed by atoms with E-state index in [2.05, 4.69) is 29.7 Å². The van der Waals surface area contributed by atoms with E-state index in [9.17, 15) is 4.79 Å². The van der Waals surface area contributed by atoms with Crippen molar-refractivity contribution in [3.63, 3.8) is 0 Å². The molecule has 1 fully saturated rings. The monoisotopic (exact) mass is 246 g/mol. The van der Waals surface area contributed by atoms with Gasteiger partial charge in [-0.3, -0.25) is 4.79 Å². The maximum atomic E-state index is 11.9. The van der Waals surface area contributed by atoms with Crippen LogP contribution in [0.4, 0.5) is 0 Å². The Morgan fingerprint density at radius 2 is 2.06 bits per heavy atom. The molecule has 0 bridgehead atoms. The fourth-order valence-electron chi connectivity index (χ4n) is 2.29. The molecule has 2 unspecified atom stereocenters. The van der Waals surface area contributed by atoms with Gasteiger partial charge in [0.1, 0.15) is 0 Å². The summed E-state index contributed by atoms with van der Waals surface area (Å²) in [6, 6.07) is 10.3. The number of carbonyl (C=O) groups is 1. The van der Waals surface area contributed by atoms with E-state index < -0.39 is 0 Å². The summed E-state index contributed by atoms with van der Waals surface area (Å²) in [5, 5.41) is 6.27. The van der Waals surface area contributed by atoms with E-state index in [0.29, 0.717) is 5.92 Å². The minimum atomic E-state index is 0.200. The second kappa shape index (κ2) is 6.55. The van der Waals surface area contributed by atoms with Gasteiger partial charge in [0.2, 0.25) is 5.91 Å². The number of hydrogen-bond donors (Lipinski definition) is 2. The third-order valence-corrected chi connectivity index (χ3v) is 3.43. The highest BCUT2D eigenvalue weighted by Gasteiger charge is 2.43. The smallest absolute Gasteiger partial charge is 0.223 e. The van der Waals surface area contributed by atoms with E-state index in [0.717, 1.165) is 32.5 Å². The quantitative estimate of drug-likeness (QED) is 0.722. The summed E-state index contributed by atoms with van der Waals surface area (Å²) in [5.74, 6) is 0.867. The number of amides is 1. The molecular weight excluding hydrogens is 224 g/mol. The molecule has 0 radical (unpaired) electrons. The molecule has 1 aromatic carbocycles. The van der Waals surface area contributed by atoms with Crippen molar-refractivity contribution in [3.05, 3.63) is 35.9 Å². The first-order valence-electron chi connectivity index (χ1n) is 6.86. The molecule has 1 aliphatic rings. The number of rotatable bonds is 7. The van der Waals surface area contributed by atoms with Gasteiger partial charge in [-0.2, -0.15) is 0 Å². The maximum Gasteiger partial charge on any atom is 0.223 e. The number of hydrogen-bond acceptors (Lipinski definition) is 2. The average molecular weight is 246 g/mol. The molecule has 0 spiro atoms. The summed E-state index contributed by atoms with van der Waals surface area (Å²) in [4.78, 5) is 11.9. The molecule has 98 valence electrons. The van der Waals surface area contributed by atoms with Crippen molar-refractivity contribution < 1.29 is 4.79 Å². The van der Waals surface area contributed by atoms with E-state index in [1.165, 1.54) is 5.56 Å². The first-order chi connectivity index (χ1) is 8.83. The molecule has 0 saturated heterocycles. The third kappa shape index (κ3) is 3.57. The molecule has 0 heterocycles. The Labute approximate surface area is 109 Å². The van der Waals surface area contributed by atoms with Crippen LogP contribution in [0.25, 0.3) is 0 Å². The largest absolute Gasteiger partial charge is 0.356 e. The van der Waals surface area contributed by atoms with Gasteiger partial charge in [-0.05, 0) is 37.4 Å². The summed E-state index contributed by atoms with van der Waals surface area (Å²) >= 11 is 0. The van der Waals surface area contributed by atoms with Gasteiger partial charge in [-0.25, -0.2) is 0 Å². The molecule has 3 heteroatoms. The lowest BCUT2D eigenvalue weighted by molar-refractivity contribution is -0.122. The Hall–Kier alpha value is -1.35. The molecule has 0 aliphatic heterocycles. The predicted molar refractivity (Wildman–Crippen MR) is 73.5 cm³/mol. The lowest BCUT2D eigenvalue weighted by atomic mass is 10.1. The van der Waals surface area contributed by atoms with Gasteiger partial charge in [-0.1, -0.05) is 37.3 Å². The van der Waals surface area contributed by atoms with E-state index in [1.54, 1.807) is 0 Å². The summed E-state index contributed by atoms with van der Waals surface area (Å²) in [7, 11) is 0. The van der Waals surface area contributed by atoms with Crippen molar-refractivity contribution in [2.24, 2.45) is 5.92 Å². The van der Waals surface area contributed by atoms with Gasteiger partial charge < -0.3 is 10.6 Å². The predicted octanol–water partition coefficient (Wildman–Crippen LogP) is 1.91. The van der Waals surface area contributed by atoms with Crippen LogP contribution in [-0.4, -0.2) is 25.5 Å². The summed E-state index contributed by atoms with van der Waals surface area (Å²) < 4.78 is 0. The molecule has 1 aliphatic carbocycles. The normalized spacial score (nSPS) is 21.6. The van der Waals surface area contributed by atoms with Crippen molar-refractivity contribution in [1.29, 1.82) is 0 Å². The van der Waals surface area contributed by atoms with E-state index in [1.807, 2.05) is 18.2 Å². The second-order valence-electron chi connectivity index (χ2n) is 4.86. The Bertz CT molecular complexity index is 377. The number of nitrogens with one attached hydrogen (secondary N) is 2. The van der Waals surface area contributed by atoms with Gasteiger partial charge in [0.05, 0.1) is 0 Å². The van der Waals surface area contributed by atoms with Crippen LogP contribution in [0.5, 0.6) is 0 Å². The molecule has 1 saturated carbocycles. The zero-order chi connectivity index (χ0) is 12.8. The van der Waals surface area contributed by atoms with Crippen LogP contribution in [0.15, 0.2) is 30.3 Å². The molecular formula is C15H22N2O. The van der Waals surface area contributed by atoms with Crippen LogP contribution in [0.1, 0.15) is 31.2 Å². The van der Waals surface area contributed by atoms with Gasteiger partial charge >= 0.3 is 0 Å². The number of carbonyl (C=O) groups excluding carboxylic acids is 1. The molecule has 1 amide bonds. The van der Waals surface area contributed by atoms with Crippen molar-refractivity contribution in [3.8, 4) is 0 Å². The minimum Gasteiger partial charge on any atom is -0.356 e. The van der Waals surface area contributed by atoms with Crippen molar-refractivity contribution >= 4 is 5.91 Å². The van der Waals surface area contributed by atoms with E-state index in [-0.39, 0.29) is 11.8 Å². The zero-order valence-electron chi connectivity index (χ0n) is 11.0. The maximum absolute atomic E-state index is 11.9. The average Bonchev–Trinajstić information content (AvgIpc) is 3.20. The first-order valence-corrected chi connectivity index (χ1v) is 6.86. The standard InChI is InChI=1S/C15H22N2O/c1-2-16-9-6-10-17-15(18)14-11-13(14)12-7-4-3-5-8-12/h3-5,7-8,13-14,16H,2,6,9-11H2,1H3,(H,17,18). The fourth-order valence-corrected chi connectivity index (χ4v) is 2.29. The van der Waals surface area contributed by atoms with Crippen molar-refractivity contribution in [1.82, 2.24) is 10.6 Å². The van der Waals surface area contributed by atoms with Crippen LogP contribution in [-0.2, 0) is 4.79 Å². The zero-order valence-corrected chi connectivity index (χ0v) is 11.0. The van der Waals surface area contributed by atoms with Crippen LogP contribution in [0, 0.1) is 5.92 Å². The Morgan fingerprint density at radius 3 is 2.78 bits per heavy atom. The molecule has 1 aromatic rings. The topological polar surface area (TPSA) is 41.1 Å². The van der Waals surface area contributed by atoms with Crippen LogP contribution in [0.2, 0.25) is 0 Å². The first kappa shape index (κ1) is 13.1. The lowest BCUT2D eigenvalue weighted by Gasteiger charge is -2.05. The summed E-state index contributed by atoms with van der Waals surface area (Å²) in [6.45, 7) is 4.84. The van der Waals surface area contributed by atoms with Gasteiger partial charge in [0.25, 0.3) is 0 Å². The molecule has 2 rings (SSSR count). The minimum absolute atomic E-state index is 0.200. The highest BCUT2D eigenvalue weighted by Crippen LogP contribution is 2.47. The Morgan fingerprint density at radius 1 is 1.28 bits per heavy atom. The van der Waals surface area contributed by atoms with E-state index in [4.69, 9.17) is 0 Å². The van der Waals surface area contributed by atoms with Crippen molar-refractivity contribution in [2.45, 2.75) is 25.7 Å². The Kier molecular flexibility index (Phi) is 4.76. The second-order valence-corrected chi connectivity index (χ2v) is 4.86. The summed E-state index contributed by atoms with van der Waals surface area (Å²) in [6.07, 6.45) is 2.01. The highest BCUT2D eigenvalue weighted by molar-refractivity contribution is 5.82. The molecule has 2 atom stereocenters. The van der Waals surface area contributed by atoms with Crippen molar-refractivity contribution in [2.75, 3.05) is 19.6 Å². The molecule has 0 aromatic heterocycles. The number of benzene rings is 1.